The maximum absolute atomic E-state index is 12.3. The summed E-state index contributed by atoms with van der Waals surface area (Å²) in [6, 6.07) is 1.87. The molecule has 1 aliphatic rings. The van der Waals surface area contributed by atoms with Gasteiger partial charge in [-0.2, -0.15) is 0 Å². The average molecular weight is 300 g/mol. The summed E-state index contributed by atoms with van der Waals surface area (Å²) in [6.45, 7) is 10.4. The van der Waals surface area contributed by atoms with Crippen molar-refractivity contribution in [1.82, 2.24) is 0 Å². The van der Waals surface area contributed by atoms with Crippen LogP contribution in [0.2, 0.25) is 0 Å². The molecule has 1 heterocycles. The second-order valence-electron chi connectivity index (χ2n) is 6.85. The lowest BCUT2D eigenvalue weighted by Crippen LogP contribution is -2.10. The average Bonchev–Trinajstić information content (AvgIpc) is 2.75. The molecular weight excluding hydrogens is 276 g/mol. The predicted molar refractivity (Wildman–Crippen MR) is 86.0 cm³/mol. The van der Waals surface area contributed by atoms with E-state index in [1.807, 2.05) is 13.0 Å². The fraction of sp³-hybridized carbons (Fsp3) is 0.526. The van der Waals surface area contributed by atoms with Gasteiger partial charge in [0.1, 0.15) is 18.1 Å². The molecule has 1 aromatic heterocycles. The van der Waals surface area contributed by atoms with Crippen molar-refractivity contribution in [3.8, 4) is 12.3 Å². The first-order valence-corrected chi connectivity index (χ1v) is 7.60. The second kappa shape index (κ2) is 6.04. The monoisotopic (exact) mass is 300 g/mol. The van der Waals surface area contributed by atoms with Crippen LogP contribution in [0.4, 0.5) is 0 Å². The summed E-state index contributed by atoms with van der Waals surface area (Å²) in [6.07, 6.45) is 7.89. The van der Waals surface area contributed by atoms with E-state index in [9.17, 15) is 4.79 Å². The Bertz CT molecular complexity index is 636. The van der Waals surface area contributed by atoms with E-state index < -0.39 is 0 Å². The van der Waals surface area contributed by atoms with E-state index in [-0.39, 0.29) is 29.8 Å². The van der Waals surface area contributed by atoms with Crippen molar-refractivity contribution in [1.29, 1.82) is 0 Å². The molecule has 1 saturated carbocycles. The molecule has 2 atom stereocenters. The fourth-order valence-electron chi connectivity index (χ4n) is 2.96. The molecule has 0 saturated heterocycles. The molecule has 1 fully saturated rings. The first-order chi connectivity index (χ1) is 10.3. The molecular formula is C19H24O3. The van der Waals surface area contributed by atoms with E-state index in [0.717, 1.165) is 17.1 Å². The molecule has 3 nitrogen and oxygen atoms in total. The minimum atomic E-state index is -0.133. The molecule has 1 aromatic rings. The number of hydrogen-bond acceptors (Lipinski definition) is 3. The lowest BCUT2D eigenvalue weighted by molar-refractivity contribution is -0.147. The Hall–Kier alpha value is -1.95. The Kier molecular flexibility index (Phi) is 4.51. The van der Waals surface area contributed by atoms with Gasteiger partial charge in [-0.3, -0.25) is 4.79 Å². The van der Waals surface area contributed by atoms with Crippen molar-refractivity contribution in [2.75, 3.05) is 0 Å². The van der Waals surface area contributed by atoms with Crippen LogP contribution in [0.25, 0.3) is 0 Å². The van der Waals surface area contributed by atoms with Crippen molar-refractivity contribution in [2.24, 2.45) is 17.3 Å². The summed E-state index contributed by atoms with van der Waals surface area (Å²) in [7, 11) is 0. The molecule has 1 aliphatic carbocycles. The Morgan fingerprint density at radius 3 is 2.77 bits per heavy atom. The molecule has 0 aliphatic heterocycles. The number of ether oxygens (including phenoxy) is 1. The van der Waals surface area contributed by atoms with E-state index in [0.29, 0.717) is 6.42 Å². The number of furan rings is 1. The van der Waals surface area contributed by atoms with Crippen LogP contribution < -0.4 is 0 Å². The van der Waals surface area contributed by atoms with Crippen molar-refractivity contribution in [2.45, 2.75) is 47.6 Å². The number of carbonyl (C=O) groups excluding carboxylic acids is 1. The Labute approximate surface area is 132 Å². The number of hydrogen-bond donors (Lipinski definition) is 0. The Balaban J connectivity index is 1.97. The van der Waals surface area contributed by atoms with Crippen LogP contribution in [-0.4, -0.2) is 5.97 Å². The predicted octanol–water partition coefficient (Wildman–Crippen LogP) is 4.05. The number of aryl methyl sites for hydroxylation is 1. The third kappa shape index (κ3) is 3.27. The highest BCUT2D eigenvalue weighted by molar-refractivity contribution is 5.78. The molecule has 118 valence electrons. The zero-order chi connectivity index (χ0) is 16.5. The highest BCUT2D eigenvalue weighted by Gasteiger charge is 2.61. The Morgan fingerprint density at radius 1 is 1.50 bits per heavy atom. The van der Waals surface area contributed by atoms with Gasteiger partial charge < -0.3 is 9.15 Å². The van der Waals surface area contributed by atoms with E-state index >= 15 is 0 Å². The van der Waals surface area contributed by atoms with Gasteiger partial charge in [0.25, 0.3) is 0 Å². The van der Waals surface area contributed by atoms with Crippen molar-refractivity contribution in [3.63, 3.8) is 0 Å². The lowest BCUT2D eigenvalue weighted by Gasteiger charge is -2.04. The van der Waals surface area contributed by atoms with Crippen LogP contribution in [0.15, 0.2) is 22.1 Å². The normalized spacial score (nSPS) is 21.8. The molecule has 0 aromatic carbocycles. The quantitative estimate of drug-likeness (QED) is 0.468. The van der Waals surface area contributed by atoms with Crippen LogP contribution in [0.1, 0.15) is 44.8 Å². The van der Waals surface area contributed by atoms with Gasteiger partial charge in [0.05, 0.1) is 12.3 Å². The number of rotatable bonds is 5. The molecule has 0 bridgehead atoms. The van der Waals surface area contributed by atoms with Gasteiger partial charge in [-0.05, 0) is 38.2 Å². The zero-order valence-electron chi connectivity index (χ0n) is 14.0. The summed E-state index contributed by atoms with van der Waals surface area (Å²) in [5.41, 5.74) is 2.10. The first kappa shape index (κ1) is 16.4. The van der Waals surface area contributed by atoms with Gasteiger partial charge in [0.2, 0.25) is 0 Å². The largest absolute Gasteiger partial charge is 0.465 e. The van der Waals surface area contributed by atoms with E-state index in [1.165, 1.54) is 5.57 Å². The third-order valence-electron chi connectivity index (χ3n) is 4.40. The number of terminal acetylenes is 1. The molecule has 22 heavy (non-hydrogen) atoms. The van der Waals surface area contributed by atoms with E-state index in [2.05, 4.69) is 39.7 Å². The van der Waals surface area contributed by atoms with Gasteiger partial charge in [-0.25, -0.2) is 0 Å². The SMILES string of the molecule is C#CCc1cc(COC(=O)[C@@H]2[C@@H](C=C(C)C)C2(C)C)c(C)o1. The fourth-order valence-corrected chi connectivity index (χ4v) is 2.96. The summed E-state index contributed by atoms with van der Waals surface area (Å²) in [5, 5.41) is 0. The van der Waals surface area contributed by atoms with Crippen LogP contribution in [0, 0.1) is 36.5 Å². The van der Waals surface area contributed by atoms with E-state index in [1.54, 1.807) is 0 Å². The van der Waals surface area contributed by atoms with Crippen molar-refractivity contribution < 1.29 is 13.9 Å². The molecule has 0 amide bonds. The van der Waals surface area contributed by atoms with Gasteiger partial charge in [-0.1, -0.05) is 31.4 Å². The molecule has 0 N–H and O–H groups in total. The highest BCUT2D eigenvalue weighted by atomic mass is 16.5. The minimum absolute atomic E-state index is 0.0194. The van der Waals surface area contributed by atoms with E-state index in [4.69, 9.17) is 15.6 Å². The van der Waals surface area contributed by atoms with Crippen molar-refractivity contribution in [3.05, 3.63) is 34.8 Å². The zero-order valence-corrected chi connectivity index (χ0v) is 14.0. The summed E-state index contributed by atoms with van der Waals surface area (Å²) < 4.78 is 11.0. The van der Waals surface area contributed by atoms with Crippen LogP contribution in [0.3, 0.4) is 0 Å². The highest BCUT2D eigenvalue weighted by Crippen LogP contribution is 2.59. The molecule has 0 radical (unpaired) electrons. The van der Waals surface area contributed by atoms with Crippen LogP contribution in [-0.2, 0) is 22.6 Å². The summed E-state index contributed by atoms with van der Waals surface area (Å²) in [5.74, 6) is 4.12. The maximum Gasteiger partial charge on any atom is 0.310 e. The van der Waals surface area contributed by atoms with Gasteiger partial charge >= 0.3 is 5.97 Å². The maximum atomic E-state index is 12.3. The van der Waals surface area contributed by atoms with Crippen LogP contribution in [0.5, 0.6) is 0 Å². The lowest BCUT2D eigenvalue weighted by atomic mass is 10.1. The molecule has 0 unspecified atom stereocenters. The van der Waals surface area contributed by atoms with Gasteiger partial charge in [0.15, 0.2) is 0 Å². The van der Waals surface area contributed by atoms with Crippen molar-refractivity contribution >= 4 is 5.97 Å². The standard InChI is InChI=1S/C19H24O3/c1-7-8-15-10-14(13(4)22-15)11-21-18(20)17-16(9-12(2)3)19(17,5)6/h1,9-10,16-17H,8,11H2,2-6H3/t16-,17+/m1/s1. The second-order valence-corrected chi connectivity index (χ2v) is 6.85. The molecule has 3 heteroatoms. The third-order valence-corrected chi connectivity index (χ3v) is 4.40. The summed E-state index contributed by atoms with van der Waals surface area (Å²) in [4.78, 5) is 12.3. The van der Waals surface area contributed by atoms with Gasteiger partial charge in [0, 0.05) is 5.56 Å². The van der Waals surface area contributed by atoms with Crippen LogP contribution >= 0.6 is 0 Å². The molecule has 0 spiro atoms. The number of carbonyl (C=O) groups is 1. The molecule has 2 rings (SSSR count). The Morgan fingerprint density at radius 2 is 2.18 bits per heavy atom. The first-order valence-electron chi connectivity index (χ1n) is 7.60. The minimum Gasteiger partial charge on any atom is -0.465 e. The van der Waals surface area contributed by atoms with Gasteiger partial charge in [-0.15, -0.1) is 6.42 Å². The number of allylic oxidation sites excluding steroid dienone is 2. The topological polar surface area (TPSA) is 39.4 Å². The smallest absolute Gasteiger partial charge is 0.310 e. The summed E-state index contributed by atoms with van der Waals surface area (Å²) >= 11 is 0. The number of esters is 1.